The minimum Gasteiger partial charge on any atom is -0.380 e. The van der Waals surface area contributed by atoms with E-state index in [4.69, 9.17) is 10.5 Å². The average molecular weight is 332 g/mol. The molecular weight excluding hydrogens is 313 g/mol. The summed E-state index contributed by atoms with van der Waals surface area (Å²) in [5.41, 5.74) is -2.69. The number of nitrogens with zero attached hydrogens (tertiary/aromatic N) is 4. The van der Waals surface area contributed by atoms with E-state index < -0.39 is 24.6 Å². The molecule has 0 aromatic heterocycles. The van der Waals surface area contributed by atoms with Gasteiger partial charge in [-0.1, -0.05) is 0 Å². The third kappa shape index (κ3) is 5.38. The summed E-state index contributed by atoms with van der Waals surface area (Å²) in [6, 6.07) is 3.82. The number of hydrogen-bond donors (Lipinski definition) is 1. The van der Waals surface area contributed by atoms with Gasteiger partial charge in [0.25, 0.3) is 0 Å². The van der Waals surface area contributed by atoms with Crippen molar-refractivity contribution in [3.63, 3.8) is 0 Å². The Balaban J connectivity index is 2.54. The molecule has 1 fully saturated rings. The zero-order valence-corrected chi connectivity index (χ0v) is 12.6. The molecule has 0 radical (unpaired) electrons. The molecule has 0 unspecified atom stereocenters. The molecule has 6 nitrogen and oxygen atoms in total. The number of amides is 1. The van der Waals surface area contributed by atoms with E-state index in [1.165, 1.54) is 4.90 Å². The topological polar surface area (TPSA) is 91.4 Å². The quantitative estimate of drug-likeness (QED) is 0.784. The number of carbonyl (C=O) groups is 1. The van der Waals surface area contributed by atoms with Gasteiger partial charge in [0.15, 0.2) is 5.60 Å². The zero-order chi connectivity index (χ0) is 17.5. The maximum atomic E-state index is 12.7. The van der Waals surface area contributed by atoms with Gasteiger partial charge in [0.05, 0.1) is 31.5 Å². The van der Waals surface area contributed by atoms with Crippen molar-refractivity contribution in [2.24, 2.45) is 0 Å². The third-order valence-electron chi connectivity index (χ3n) is 3.91. The van der Waals surface area contributed by atoms with Gasteiger partial charge in [0.1, 0.15) is 0 Å². The lowest BCUT2D eigenvalue weighted by molar-refractivity contribution is -0.272. The van der Waals surface area contributed by atoms with Crippen LogP contribution in [0.2, 0.25) is 0 Å². The first kappa shape index (κ1) is 19.2. The molecule has 1 amide bonds. The molecule has 0 bridgehead atoms. The maximum absolute atomic E-state index is 12.7. The summed E-state index contributed by atoms with van der Waals surface area (Å²) in [4.78, 5) is 15.1. The van der Waals surface area contributed by atoms with E-state index in [0.29, 0.717) is 0 Å². The van der Waals surface area contributed by atoms with Crippen molar-refractivity contribution < 1.29 is 23.1 Å². The van der Waals surface area contributed by atoms with E-state index in [1.54, 1.807) is 4.90 Å². The molecule has 0 saturated carbocycles. The van der Waals surface area contributed by atoms with Crippen molar-refractivity contribution >= 4 is 5.91 Å². The van der Waals surface area contributed by atoms with Crippen molar-refractivity contribution in [1.29, 1.82) is 10.5 Å². The summed E-state index contributed by atoms with van der Waals surface area (Å²) in [6.07, 6.45) is -5.36. The van der Waals surface area contributed by atoms with Crippen LogP contribution in [0.25, 0.3) is 0 Å². The van der Waals surface area contributed by atoms with Crippen LogP contribution < -0.4 is 0 Å². The van der Waals surface area contributed by atoms with E-state index in [9.17, 15) is 23.1 Å². The van der Waals surface area contributed by atoms with Crippen molar-refractivity contribution in [3.8, 4) is 12.1 Å². The first-order valence-corrected chi connectivity index (χ1v) is 7.26. The van der Waals surface area contributed by atoms with Crippen LogP contribution in [0.15, 0.2) is 0 Å². The second-order valence-corrected chi connectivity index (χ2v) is 5.50. The second-order valence-electron chi connectivity index (χ2n) is 5.50. The fourth-order valence-corrected chi connectivity index (χ4v) is 2.39. The summed E-state index contributed by atoms with van der Waals surface area (Å²) >= 11 is 0. The van der Waals surface area contributed by atoms with Crippen molar-refractivity contribution in [2.45, 2.75) is 37.5 Å². The van der Waals surface area contributed by atoms with Crippen LogP contribution in [-0.2, 0) is 4.79 Å². The number of hydrogen-bond acceptors (Lipinski definition) is 5. The van der Waals surface area contributed by atoms with Crippen LogP contribution in [0.1, 0.15) is 25.7 Å². The lowest BCUT2D eigenvalue weighted by Gasteiger charge is -2.39. The molecule has 0 aromatic rings. The highest BCUT2D eigenvalue weighted by atomic mass is 19.4. The SMILES string of the molecule is N#CCCN(CCC#N)C(=O)CN1CCC(O)(C(F)(F)F)CC1. The minimum absolute atomic E-state index is 0.0356. The molecule has 0 aliphatic carbocycles. The molecule has 23 heavy (non-hydrogen) atoms. The van der Waals surface area contributed by atoms with Gasteiger partial charge in [-0.3, -0.25) is 9.69 Å². The van der Waals surface area contributed by atoms with E-state index in [0.717, 1.165) is 0 Å². The normalized spacial score (nSPS) is 18.0. The number of aliphatic hydroxyl groups is 1. The van der Waals surface area contributed by atoms with Gasteiger partial charge >= 0.3 is 6.18 Å². The monoisotopic (exact) mass is 332 g/mol. The van der Waals surface area contributed by atoms with Gasteiger partial charge in [-0.15, -0.1) is 0 Å². The average Bonchev–Trinajstić information content (AvgIpc) is 2.48. The molecule has 1 rings (SSSR count). The second kappa shape index (κ2) is 8.14. The largest absolute Gasteiger partial charge is 0.417 e. The summed E-state index contributed by atoms with van der Waals surface area (Å²) < 4.78 is 38.2. The molecule has 128 valence electrons. The number of likely N-dealkylation sites (tertiary alicyclic amines) is 1. The molecule has 0 atom stereocenters. The van der Waals surface area contributed by atoms with E-state index >= 15 is 0 Å². The summed E-state index contributed by atoms with van der Waals surface area (Å²) in [5, 5.41) is 26.7. The molecule has 1 saturated heterocycles. The van der Waals surface area contributed by atoms with Gasteiger partial charge in [0, 0.05) is 26.2 Å². The van der Waals surface area contributed by atoms with Crippen LogP contribution >= 0.6 is 0 Å². The van der Waals surface area contributed by atoms with Gasteiger partial charge in [0.2, 0.25) is 5.91 Å². The fraction of sp³-hybridized carbons (Fsp3) is 0.786. The smallest absolute Gasteiger partial charge is 0.380 e. The summed E-state index contributed by atoms with van der Waals surface area (Å²) in [5.74, 6) is -0.326. The summed E-state index contributed by atoms with van der Waals surface area (Å²) in [6.45, 7) is 0.234. The Labute approximate surface area is 132 Å². The van der Waals surface area contributed by atoms with Crippen molar-refractivity contribution in [2.75, 3.05) is 32.7 Å². The molecule has 0 spiro atoms. The van der Waals surface area contributed by atoms with Gasteiger partial charge in [-0.2, -0.15) is 23.7 Å². The molecule has 0 aromatic carbocycles. The lowest BCUT2D eigenvalue weighted by atomic mass is 9.91. The predicted molar refractivity (Wildman–Crippen MR) is 73.7 cm³/mol. The Kier molecular flexibility index (Phi) is 6.79. The molecule has 1 heterocycles. The maximum Gasteiger partial charge on any atom is 0.417 e. The summed E-state index contributed by atoms with van der Waals surface area (Å²) in [7, 11) is 0. The van der Waals surface area contributed by atoms with Crippen LogP contribution in [0, 0.1) is 22.7 Å². The Bertz CT molecular complexity index is 470. The molecular formula is C14H19F3N4O2. The highest BCUT2D eigenvalue weighted by molar-refractivity contribution is 5.78. The number of rotatable bonds is 6. The number of nitriles is 2. The minimum atomic E-state index is -4.67. The number of carbonyl (C=O) groups excluding carboxylic acids is 1. The molecule has 9 heteroatoms. The first-order valence-electron chi connectivity index (χ1n) is 7.26. The third-order valence-corrected chi connectivity index (χ3v) is 3.91. The first-order chi connectivity index (χ1) is 10.7. The van der Waals surface area contributed by atoms with Gasteiger partial charge in [-0.25, -0.2) is 0 Å². The Hall–Kier alpha value is -1.84. The molecule has 1 aliphatic heterocycles. The Morgan fingerprint density at radius 3 is 2.04 bits per heavy atom. The van der Waals surface area contributed by atoms with E-state index in [-0.39, 0.29) is 51.5 Å². The molecule has 1 N–H and O–H groups in total. The van der Waals surface area contributed by atoms with Crippen molar-refractivity contribution in [3.05, 3.63) is 0 Å². The highest BCUT2D eigenvalue weighted by Gasteiger charge is 2.54. The Morgan fingerprint density at radius 1 is 1.17 bits per heavy atom. The van der Waals surface area contributed by atoms with Crippen molar-refractivity contribution in [1.82, 2.24) is 9.80 Å². The van der Waals surface area contributed by atoms with Gasteiger partial charge in [-0.05, 0) is 12.8 Å². The highest BCUT2D eigenvalue weighted by Crippen LogP contribution is 2.38. The number of piperidine rings is 1. The molecule has 1 aliphatic rings. The predicted octanol–water partition coefficient (Wildman–Crippen LogP) is 1.03. The van der Waals surface area contributed by atoms with Crippen LogP contribution in [0.5, 0.6) is 0 Å². The van der Waals surface area contributed by atoms with Crippen LogP contribution in [0.4, 0.5) is 13.2 Å². The van der Waals surface area contributed by atoms with Crippen LogP contribution in [0.3, 0.4) is 0 Å². The number of alkyl halides is 3. The van der Waals surface area contributed by atoms with E-state index in [2.05, 4.69) is 0 Å². The van der Waals surface area contributed by atoms with E-state index in [1.807, 2.05) is 12.1 Å². The lowest BCUT2D eigenvalue weighted by Crippen LogP contribution is -2.54. The van der Waals surface area contributed by atoms with Crippen LogP contribution in [-0.4, -0.2) is 65.3 Å². The fourth-order valence-electron chi connectivity index (χ4n) is 2.39. The zero-order valence-electron chi connectivity index (χ0n) is 12.6. The Morgan fingerprint density at radius 2 is 1.65 bits per heavy atom. The number of halogens is 3. The standard InChI is InChI=1S/C14H19F3N4O2/c15-14(16,17)13(23)3-9-20(10-4-13)11-12(22)21(7-1-5-18)8-2-6-19/h23H,1-4,7-11H2. The van der Waals surface area contributed by atoms with Gasteiger partial charge < -0.3 is 10.0 Å².